The van der Waals surface area contributed by atoms with Gasteiger partial charge in [0.15, 0.2) is 0 Å². The van der Waals surface area contributed by atoms with Gasteiger partial charge in [0.2, 0.25) is 0 Å². The SMILES string of the molecule is COC(=O)Cc1c(Cl)ccc(OC)c1CBr. The second-order valence-electron chi connectivity index (χ2n) is 3.09. The van der Waals surface area contributed by atoms with Gasteiger partial charge in [-0.15, -0.1) is 0 Å². The van der Waals surface area contributed by atoms with Crippen LogP contribution >= 0.6 is 27.5 Å². The first kappa shape index (κ1) is 13.3. The molecule has 88 valence electrons. The van der Waals surface area contributed by atoms with Crippen LogP contribution in [0.15, 0.2) is 12.1 Å². The molecule has 3 nitrogen and oxygen atoms in total. The van der Waals surface area contributed by atoms with E-state index in [-0.39, 0.29) is 12.4 Å². The van der Waals surface area contributed by atoms with Gasteiger partial charge in [0.1, 0.15) is 5.75 Å². The molecule has 0 spiro atoms. The number of alkyl halides is 1. The van der Waals surface area contributed by atoms with E-state index in [9.17, 15) is 4.79 Å². The van der Waals surface area contributed by atoms with Gasteiger partial charge in [0, 0.05) is 15.9 Å². The number of carbonyl (C=O) groups excluding carboxylic acids is 1. The molecule has 0 heterocycles. The van der Waals surface area contributed by atoms with Crippen LogP contribution in [0.3, 0.4) is 0 Å². The smallest absolute Gasteiger partial charge is 0.310 e. The van der Waals surface area contributed by atoms with Crippen molar-refractivity contribution < 1.29 is 14.3 Å². The average Bonchev–Trinajstić information content (AvgIpc) is 2.31. The Morgan fingerprint density at radius 1 is 1.38 bits per heavy atom. The molecule has 1 aromatic carbocycles. The highest BCUT2D eigenvalue weighted by molar-refractivity contribution is 9.08. The number of hydrogen-bond acceptors (Lipinski definition) is 3. The Kier molecular flexibility index (Phi) is 5.09. The van der Waals surface area contributed by atoms with Gasteiger partial charge >= 0.3 is 5.97 Å². The molecule has 0 amide bonds. The molecule has 0 atom stereocenters. The van der Waals surface area contributed by atoms with Crippen LogP contribution in [0.5, 0.6) is 5.75 Å². The van der Waals surface area contributed by atoms with Crippen LogP contribution in [0.1, 0.15) is 11.1 Å². The fraction of sp³-hybridized carbons (Fsp3) is 0.364. The maximum atomic E-state index is 11.3. The summed E-state index contributed by atoms with van der Waals surface area (Å²) in [5.41, 5.74) is 1.62. The van der Waals surface area contributed by atoms with Gasteiger partial charge in [0.25, 0.3) is 0 Å². The molecule has 16 heavy (non-hydrogen) atoms. The Bertz CT molecular complexity index is 393. The Labute approximate surface area is 108 Å². The number of esters is 1. The number of benzene rings is 1. The predicted molar refractivity (Wildman–Crippen MR) is 66.4 cm³/mol. The molecule has 0 saturated heterocycles. The Morgan fingerprint density at radius 3 is 2.56 bits per heavy atom. The molecule has 1 rings (SSSR count). The number of halogens is 2. The van der Waals surface area contributed by atoms with E-state index in [1.54, 1.807) is 19.2 Å². The minimum Gasteiger partial charge on any atom is -0.496 e. The first-order valence-corrected chi connectivity index (χ1v) is 6.11. The topological polar surface area (TPSA) is 35.5 Å². The van der Waals surface area contributed by atoms with Crippen molar-refractivity contribution in [3.05, 3.63) is 28.3 Å². The zero-order valence-corrected chi connectivity index (χ0v) is 11.4. The molecule has 0 fully saturated rings. The van der Waals surface area contributed by atoms with Crippen molar-refractivity contribution in [1.29, 1.82) is 0 Å². The Balaban J connectivity index is 3.17. The van der Waals surface area contributed by atoms with Gasteiger partial charge in [0.05, 0.1) is 20.6 Å². The quantitative estimate of drug-likeness (QED) is 0.634. The van der Waals surface area contributed by atoms with Crippen LogP contribution < -0.4 is 4.74 Å². The van der Waals surface area contributed by atoms with Crippen LogP contribution in [0, 0.1) is 0 Å². The number of ether oxygens (including phenoxy) is 2. The summed E-state index contributed by atoms with van der Waals surface area (Å²) < 4.78 is 9.83. The molecule has 5 heteroatoms. The molecule has 0 aliphatic heterocycles. The van der Waals surface area contributed by atoms with Crippen molar-refractivity contribution in [2.45, 2.75) is 11.8 Å². The maximum absolute atomic E-state index is 11.3. The van der Waals surface area contributed by atoms with Crippen molar-refractivity contribution in [2.24, 2.45) is 0 Å². The molecule has 0 N–H and O–H groups in total. The van der Waals surface area contributed by atoms with Crippen LogP contribution in [0.2, 0.25) is 5.02 Å². The molecular formula is C11H12BrClO3. The summed E-state index contributed by atoms with van der Waals surface area (Å²) in [4.78, 5) is 11.3. The van der Waals surface area contributed by atoms with E-state index >= 15 is 0 Å². The highest BCUT2D eigenvalue weighted by Gasteiger charge is 2.15. The number of carbonyl (C=O) groups is 1. The summed E-state index contributed by atoms with van der Waals surface area (Å²) in [5, 5.41) is 1.11. The van der Waals surface area contributed by atoms with Gasteiger partial charge in [-0.05, 0) is 17.7 Å². The standard InChI is InChI=1S/C11H12BrClO3/c1-15-10-4-3-9(13)7(8(10)6-12)5-11(14)16-2/h3-4H,5-6H2,1-2H3. The van der Waals surface area contributed by atoms with Crippen molar-refractivity contribution in [2.75, 3.05) is 14.2 Å². The van der Waals surface area contributed by atoms with E-state index < -0.39 is 0 Å². The van der Waals surface area contributed by atoms with Gasteiger partial charge in [-0.25, -0.2) is 0 Å². The molecule has 0 unspecified atom stereocenters. The van der Waals surface area contributed by atoms with Crippen LogP contribution in [0.4, 0.5) is 0 Å². The summed E-state index contributed by atoms with van der Waals surface area (Å²) in [5.74, 6) is 0.387. The maximum Gasteiger partial charge on any atom is 0.310 e. The average molecular weight is 308 g/mol. The summed E-state index contributed by atoms with van der Waals surface area (Å²) in [6.45, 7) is 0. The summed E-state index contributed by atoms with van der Waals surface area (Å²) in [6.07, 6.45) is 0.146. The van der Waals surface area contributed by atoms with Crippen molar-refractivity contribution in [3.8, 4) is 5.75 Å². The Morgan fingerprint density at radius 2 is 2.06 bits per heavy atom. The monoisotopic (exact) mass is 306 g/mol. The number of hydrogen-bond donors (Lipinski definition) is 0. The lowest BCUT2D eigenvalue weighted by Gasteiger charge is -2.12. The van der Waals surface area contributed by atoms with Gasteiger partial charge in [-0.3, -0.25) is 4.79 Å². The third kappa shape index (κ3) is 2.89. The summed E-state index contributed by atoms with van der Waals surface area (Å²) in [7, 11) is 2.93. The van der Waals surface area contributed by atoms with E-state index in [1.807, 2.05) is 0 Å². The van der Waals surface area contributed by atoms with E-state index in [0.29, 0.717) is 16.1 Å². The second-order valence-corrected chi connectivity index (χ2v) is 4.06. The van der Waals surface area contributed by atoms with Crippen LogP contribution in [-0.4, -0.2) is 20.2 Å². The number of rotatable bonds is 4. The predicted octanol–water partition coefficient (Wildman–Crippen LogP) is 2.96. The molecule has 0 bridgehead atoms. The van der Waals surface area contributed by atoms with E-state index in [2.05, 4.69) is 20.7 Å². The first-order chi connectivity index (χ1) is 7.63. The van der Waals surface area contributed by atoms with Crippen molar-refractivity contribution in [1.82, 2.24) is 0 Å². The highest BCUT2D eigenvalue weighted by atomic mass is 79.9. The van der Waals surface area contributed by atoms with E-state index in [1.165, 1.54) is 7.11 Å². The fourth-order valence-corrected chi connectivity index (χ4v) is 2.25. The number of methoxy groups -OCH3 is 2. The third-order valence-electron chi connectivity index (χ3n) is 2.23. The van der Waals surface area contributed by atoms with E-state index in [0.717, 1.165) is 11.1 Å². The lowest BCUT2D eigenvalue weighted by Crippen LogP contribution is -2.08. The normalized spacial score (nSPS) is 10.0. The van der Waals surface area contributed by atoms with Gasteiger partial charge in [-0.1, -0.05) is 27.5 Å². The molecule has 0 radical (unpaired) electrons. The minimum atomic E-state index is -0.322. The largest absolute Gasteiger partial charge is 0.496 e. The van der Waals surface area contributed by atoms with Crippen LogP contribution in [-0.2, 0) is 21.3 Å². The molecule has 0 aliphatic carbocycles. The van der Waals surface area contributed by atoms with Gasteiger partial charge < -0.3 is 9.47 Å². The highest BCUT2D eigenvalue weighted by Crippen LogP contribution is 2.31. The molecule has 0 aliphatic rings. The molecule has 1 aromatic rings. The first-order valence-electron chi connectivity index (χ1n) is 4.61. The molecule has 0 saturated carbocycles. The third-order valence-corrected chi connectivity index (χ3v) is 3.15. The Hall–Kier alpha value is -0.740. The van der Waals surface area contributed by atoms with E-state index in [4.69, 9.17) is 16.3 Å². The summed E-state index contributed by atoms with van der Waals surface area (Å²) >= 11 is 9.41. The van der Waals surface area contributed by atoms with Crippen molar-refractivity contribution >= 4 is 33.5 Å². The zero-order chi connectivity index (χ0) is 12.1. The van der Waals surface area contributed by atoms with Gasteiger partial charge in [-0.2, -0.15) is 0 Å². The molecular weight excluding hydrogens is 295 g/mol. The lowest BCUT2D eigenvalue weighted by molar-refractivity contribution is -0.139. The van der Waals surface area contributed by atoms with Crippen LogP contribution in [0.25, 0.3) is 0 Å². The second kappa shape index (κ2) is 6.11. The fourth-order valence-electron chi connectivity index (χ4n) is 1.39. The van der Waals surface area contributed by atoms with Crippen molar-refractivity contribution in [3.63, 3.8) is 0 Å². The minimum absolute atomic E-state index is 0.146. The lowest BCUT2D eigenvalue weighted by atomic mass is 10.0. The molecule has 0 aromatic heterocycles. The summed E-state index contributed by atoms with van der Waals surface area (Å²) in [6, 6.07) is 3.49. The zero-order valence-electron chi connectivity index (χ0n) is 9.05.